The van der Waals surface area contributed by atoms with E-state index < -0.39 is 10.0 Å². The van der Waals surface area contributed by atoms with Crippen LogP contribution >= 0.6 is 11.6 Å². The molecular weight excluding hydrogens is 368 g/mol. The van der Waals surface area contributed by atoms with Gasteiger partial charge in [0, 0.05) is 25.0 Å². The van der Waals surface area contributed by atoms with Crippen LogP contribution in [0.2, 0.25) is 0 Å². The molecule has 26 heavy (non-hydrogen) atoms. The minimum absolute atomic E-state index is 0.0556. The summed E-state index contributed by atoms with van der Waals surface area (Å²) in [6, 6.07) is 17.2. The van der Waals surface area contributed by atoms with E-state index in [1.54, 1.807) is 12.1 Å². The number of alkyl halides is 1. The number of halogens is 1. The second kappa shape index (κ2) is 9.00. The normalized spacial score (nSPS) is 18.7. The van der Waals surface area contributed by atoms with Gasteiger partial charge >= 0.3 is 0 Å². The number of rotatable bonds is 7. The average Bonchev–Trinajstić information content (AvgIpc) is 2.63. The number of nitrogens with one attached hydrogen (secondary N) is 1. The SMILES string of the molecule is O=S(=O)(NC1CCCN(Cc2ccccc2)C1)c1ccc(CCCl)cc1. The van der Waals surface area contributed by atoms with E-state index in [-0.39, 0.29) is 6.04 Å². The Kier molecular flexibility index (Phi) is 6.70. The van der Waals surface area contributed by atoms with Gasteiger partial charge < -0.3 is 0 Å². The molecule has 0 saturated carbocycles. The third kappa shape index (κ3) is 5.30. The monoisotopic (exact) mass is 392 g/mol. The van der Waals surface area contributed by atoms with Gasteiger partial charge in [-0.3, -0.25) is 4.90 Å². The molecule has 1 saturated heterocycles. The molecule has 1 atom stereocenters. The largest absolute Gasteiger partial charge is 0.298 e. The Hall–Kier alpha value is -1.40. The van der Waals surface area contributed by atoms with E-state index in [2.05, 4.69) is 21.8 Å². The zero-order valence-electron chi connectivity index (χ0n) is 14.8. The quantitative estimate of drug-likeness (QED) is 0.734. The summed E-state index contributed by atoms with van der Waals surface area (Å²) in [5.41, 5.74) is 2.30. The van der Waals surface area contributed by atoms with Crippen LogP contribution in [0.25, 0.3) is 0 Å². The minimum atomic E-state index is -3.50. The number of aryl methyl sites for hydroxylation is 1. The van der Waals surface area contributed by atoms with Crippen molar-refractivity contribution in [1.82, 2.24) is 9.62 Å². The van der Waals surface area contributed by atoms with Gasteiger partial charge in [-0.15, -0.1) is 11.6 Å². The van der Waals surface area contributed by atoms with Crippen LogP contribution in [0.5, 0.6) is 0 Å². The van der Waals surface area contributed by atoms with Gasteiger partial charge in [0.15, 0.2) is 0 Å². The molecule has 1 aliphatic rings. The van der Waals surface area contributed by atoms with Crippen molar-refractivity contribution in [2.75, 3.05) is 19.0 Å². The molecule has 140 valence electrons. The molecule has 0 spiro atoms. The highest BCUT2D eigenvalue weighted by Crippen LogP contribution is 2.17. The molecule has 2 aromatic rings. The first-order valence-electron chi connectivity index (χ1n) is 9.00. The second-order valence-electron chi connectivity index (χ2n) is 6.76. The van der Waals surface area contributed by atoms with Crippen LogP contribution < -0.4 is 4.72 Å². The Morgan fingerprint density at radius 2 is 1.77 bits per heavy atom. The lowest BCUT2D eigenvalue weighted by atomic mass is 10.1. The van der Waals surface area contributed by atoms with Crippen molar-refractivity contribution in [2.24, 2.45) is 0 Å². The molecule has 0 aliphatic carbocycles. The first kappa shape index (κ1) is 19.4. The first-order chi connectivity index (χ1) is 12.6. The first-order valence-corrected chi connectivity index (χ1v) is 11.0. The van der Waals surface area contributed by atoms with Crippen LogP contribution in [0.3, 0.4) is 0 Å². The van der Waals surface area contributed by atoms with Crippen LogP contribution in [-0.4, -0.2) is 38.3 Å². The number of hydrogen-bond acceptors (Lipinski definition) is 3. The fourth-order valence-corrected chi connectivity index (χ4v) is 4.85. The molecule has 1 N–H and O–H groups in total. The Morgan fingerprint density at radius 3 is 2.46 bits per heavy atom. The number of hydrogen-bond donors (Lipinski definition) is 1. The zero-order chi connectivity index (χ0) is 18.4. The maximum atomic E-state index is 12.7. The van der Waals surface area contributed by atoms with Crippen molar-refractivity contribution in [1.29, 1.82) is 0 Å². The van der Waals surface area contributed by atoms with E-state index >= 15 is 0 Å². The van der Waals surface area contributed by atoms with Crippen molar-refractivity contribution in [3.63, 3.8) is 0 Å². The number of sulfonamides is 1. The van der Waals surface area contributed by atoms with Crippen molar-refractivity contribution < 1.29 is 8.42 Å². The highest BCUT2D eigenvalue weighted by Gasteiger charge is 2.25. The molecular formula is C20H25ClN2O2S. The van der Waals surface area contributed by atoms with Gasteiger partial charge in [-0.25, -0.2) is 13.1 Å². The van der Waals surface area contributed by atoms with Crippen LogP contribution in [0.4, 0.5) is 0 Å². The molecule has 0 radical (unpaired) electrons. The predicted octanol–water partition coefficient (Wildman–Crippen LogP) is 3.41. The number of likely N-dealkylation sites (tertiary alicyclic amines) is 1. The van der Waals surface area contributed by atoms with Crippen molar-refractivity contribution in [3.05, 3.63) is 65.7 Å². The summed E-state index contributed by atoms with van der Waals surface area (Å²) in [5.74, 6) is 0.531. The Morgan fingerprint density at radius 1 is 1.04 bits per heavy atom. The predicted molar refractivity (Wildman–Crippen MR) is 106 cm³/mol. The van der Waals surface area contributed by atoms with E-state index in [1.807, 2.05) is 30.3 Å². The van der Waals surface area contributed by atoms with Crippen molar-refractivity contribution in [2.45, 2.75) is 36.7 Å². The van der Waals surface area contributed by atoms with Crippen molar-refractivity contribution in [3.8, 4) is 0 Å². The van der Waals surface area contributed by atoms with E-state index in [9.17, 15) is 8.42 Å². The summed E-state index contributed by atoms with van der Waals surface area (Å²) < 4.78 is 28.2. The fourth-order valence-electron chi connectivity index (χ4n) is 3.37. The third-order valence-electron chi connectivity index (χ3n) is 4.69. The number of nitrogens with zero attached hydrogens (tertiary/aromatic N) is 1. The van der Waals surface area contributed by atoms with E-state index in [0.717, 1.165) is 44.5 Å². The summed E-state index contributed by atoms with van der Waals surface area (Å²) in [5, 5.41) is 0. The molecule has 6 heteroatoms. The average molecular weight is 393 g/mol. The minimum Gasteiger partial charge on any atom is -0.298 e. The molecule has 1 fully saturated rings. The van der Waals surface area contributed by atoms with Gasteiger partial charge in [-0.1, -0.05) is 42.5 Å². The molecule has 0 aromatic heterocycles. The molecule has 0 bridgehead atoms. The maximum Gasteiger partial charge on any atom is 0.240 e. The zero-order valence-corrected chi connectivity index (χ0v) is 16.3. The van der Waals surface area contributed by atoms with Crippen molar-refractivity contribution >= 4 is 21.6 Å². The maximum absolute atomic E-state index is 12.7. The van der Waals surface area contributed by atoms with E-state index in [4.69, 9.17) is 11.6 Å². The highest BCUT2D eigenvalue weighted by molar-refractivity contribution is 7.89. The number of benzene rings is 2. The lowest BCUT2D eigenvalue weighted by molar-refractivity contribution is 0.194. The molecule has 1 heterocycles. The van der Waals surface area contributed by atoms with Gasteiger partial charge in [0.05, 0.1) is 4.90 Å². The van der Waals surface area contributed by atoms with Gasteiger partial charge in [-0.2, -0.15) is 0 Å². The Balaban J connectivity index is 1.61. The van der Waals surface area contributed by atoms with Gasteiger partial charge in [0.1, 0.15) is 0 Å². The second-order valence-corrected chi connectivity index (χ2v) is 8.86. The van der Waals surface area contributed by atoms with Gasteiger partial charge in [-0.05, 0) is 49.1 Å². The standard InChI is InChI=1S/C20H25ClN2O2S/c21-13-12-17-8-10-20(11-9-17)26(24,25)22-19-7-4-14-23(16-19)15-18-5-2-1-3-6-18/h1-3,5-6,8-11,19,22H,4,7,12-16H2. The highest BCUT2D eigenvalue weighted by atomic mass is 35.5. The molecule has 3 rings (SSSR count). The summed E-state index contributed by atoms with van der Waals surface area (Å²) >= 11 is 5.73. The third-order valence-corrected chi connectivity index (χ3v) is 6.42. The lowest BCUT2D eigenvalue weighted by Gasteiger charge is -2.33. The Bertz CT molecular complexity index is 794. The Labute approximate surface area is 161 Å². The summed E-state index contributed by atoms with van der Waals surface area (Å²) in [6.07, 6.45) is 2.61. The number of piperidine rings is 1. The molecule has 2 aromatic carbocycles. The molecule has 1 unspecified atom stereocenters. The molecule has 1 aliphatic heterocycles. The van der Waals surface area contributed by atoms with E-state index in [0.29, 0.717) is 10.8 Å². The summed E-state index contributed by atoms with van der Waals surface area (Å²) in [6.45, 7) is 2.59. The van der Waals surface area contributed by atoms with E-state index in [1.165, 1.54) is 5.56 Å². The van der Waals surface area contributed by atoms with Gasteiger partial charge in [0.2, 0.25) is 10.0 Å². The fraction of sp³-hybridized carbons (Fsp3) is 0.400. The van der Waals surface area contributed by atoms with Gasteiger partial charge in [0.25, 0.3) is 0 Å². The van der Waals surface area contributed by atoms with Crippen LogP contribution in [-0.2, 0) is 23.0 Å². The molecule has 4 nitrogen and oxygen atoms in total. The smallest absolute Gasteiger partial charge is 0.240 e. The van der Waals surface area contributed by atoms with Crippen LogP contribution in [0.15, 0.2) is 59.5 Å². The molecule has 0 amide bonds. The van der Waals surface area contributed by atoms with Crippen LogP contribution in [0.1, 0.15) is 24.0 Å². The summed E-state index contributed by atoms with van der Waals surface area (Å²) in [4.78, 5) is 2.63. The van der Waals surface area contributed by atoms with Crippen LogP contribution in [0, 0.1) is 0 Å². The lowest BCUT2D eigenvalue weighted by Crippen LogP contribution is -2.47. The summed E-state index contributed by atoms with van der Waals surface area (Å²) in [7, 11) is -3.50. The topological polar surface area (TPSA) is 49.4 Å².